The van der Waals surface area contributed by atoms with Crippen molar-refractivity contribution in [3.8, 4) is 6.07 Å². The van der Waals surface area contributed by atoms with Crippen LogP contribution in [0, 0.1) is 11.3 Å². The monoisotopic (exact) mass is 247 g/mol. The Morgan fingerprint density at radius 1 is 1.65 bits per heavy atom. The van der Waals surface area contributed by atoms with Crippen molar-refractivity contribution in [3.63, 3.8) is 0 Å². The summed E-state index contributed by atoms with van der Waals surface area (Å²) in [5, 5.41) is 10.1. The Kier molecular flexibility index (Phi) is 3.25. The van der Waals surface area contributed by atoms with E-state index in [9.17, 15) is 10.1 Å². The lowest BCUT2D eigenvalue weighted by molar-refractivity contribution is -0.125. The minimum atomic E-state index is 0.0782. The van der Waals surface area contributed by atoms with Crippen molar-refractivity contribution < 1.29 is 4.79 Å². The zero-order chi connectivity index (χ0) is 12.4. The van der Waals surface area contributed by atoms with Gasteiger partial charge in [-0.3, -0.25) is 4.79 Å². The SMILES string of the molecule is CCN1C(=O)CSC1=C(C#N)c1cccn1C. The van der Waals surface area contributed by atoms with E-state index in [4.69, 9.17) is 0 Å². The Labute approximate surface area is 105 Å². The standard InChI is InChI=1S/C12H13N3OS/c1-3-15-11(16)8-17-12(15)9(7-13)10-5-4-6-14(10)2/h4-6H,3,8H2,1-2H3. The number of carbonyl (C=O) groups excluding carboxylic acids is 1. The van der Waals surface area contributed by atoms with Crippen molar-refractivity contribution >= 4 is 23.2 Å². The van der Waals surface area contributed by atoms with Crippen LogP contribution in [0.5, 0.6) is 0 Å². The van der Waals surface area contributed by atoms with E-state index in [1.807, 2.05) is 36.9 Å². The molecule has 0 spiro atoms. The summed E-state index contributed by atoms with van der Waals surface area (Å²) in [7, 11) is 1.89. The number of carbonyl (C=O) groups is 1. The van der Waals surface area contributed by atoms with E-state index in [0.717, 1.165) is 10.7 Å². The van der Waals surface area contributed by atoms with Crippen molar-refractivity contribution in [1.82, 2.24) is 9.47 Å². The Hall–Kier alpha value is -1.67. The highest BCUT2D eigenvalue weighted by Gasteiger charge is 2.29. The Morgan fingerprint density at radius 2 is 2.41 bits per heavy atom. The quantitative estimate of drug-likeness (QED) is 0.749. The summed E-state index contributed by atoms with van der Waals surface area (Å²) in [5.41, 5.74) is 1.43. The van der Waals surface area contributed by atoms with Gasteiger partial charge in [-0.15, -0.1) is 0 Å². The molecule has 2 heterocycles. The molecular formula is C12H13N3OS. The minimum Gasteiger partial charge on any atom is -0.350 e. The predicted octanol–water partition coefficient (Wildman–Crippen LogP) is 1.81. The number of nitriles is 1. The second kappa shape index (κ2) is 4.68. The summed E-state index contributed by atoms with van der Waals surface area (Å²) in [6, 6.07) is 6.00. The summed E-state index contributed by atoms with van der Waals surface area (Å²) >= 11 is 1.44. The van der Waals surface area contributed by atoms with Gasteiger partial charge in [-0.25, -0.2) is 0 Å². The molecule has 0 radical (unpaired) electrons. The highest BCUT2D eigenvalue weighted by Crippen LogP contribution is 2.34. The van der Waals surface area contributed by atoms with E-state index >= 15 is 0 Å². The summed E-state index contributed by atoms with van der Waals surface area (Å²) in [4.78, 5) is 13.3. The van der Waals surface area contributed by atoms with Crippen LogP contribution in [0.25, 0.3) is 5.57 Å². The molecule has 17 heavy (non-hydrogen) atoms. The Balaban J connectivity index is 2.52. The molecule has 88 valence electrons. The first-order valence-electron chi connectivity index (χ1n) is 5.38. The van der Waals surface area contributed by atoms with Crippen LogP contribution in [0.1, 0.15) is 12.6 Å². The third-order valence-electron chi connectivity index (χ3n) is 2.72. The first kappa shape index (κ1) is 11.8. The van der Waals surface area contributed by atoms with Gasteiger partial charge in [0.2, 0.25) is 5.91 Å². The van der Waals surface area contributed by atoms with E-state index in [1.54, 1.807) is 4.90 Å². The van der Waals surface area contributed by atoms with Crippen LogP contribution in [0.2, 0.25) is 0 Å². The van der Waals surface area contributed by atoms with E-state index in [2.05, 4.69) is 6.07 Å². The average molecular weight is 247 g/mol. The number of hydrogen-bond acceptors (Lipinski definition) is 3. The van der Waals surface area contributed by atoms with Gasteiger partial charge in [0.1, 0.15) is 11.6 Å². The highest BCUT2D eigenvalue weighted by molar-refractivity contribution is 8.04. The van der Waals surface area contributed by atoms with Crippen LogP contribution in [0.15, 0.2) is 23.4 Å². The average Bonchev–Trinajstić information content (AvgIpc) is 2.88. The molecule has 5 heteroatoms. The first-order valence-corrected chi connectivity index (χ1v) is 6.36. The maximum Gasteiger partial charge on any atom is 0.237 e. The van der Waals surface area contributed by atoms with Crippen molar-refractivity contribution in [2.24, 2.45) is 7.05 Å². The molecule has 2 rings (SSSR count). The summed E-state index contributed by atoms with van der Waals surface area (Å²) in [5.74, 6) is 0.508. The van der Waals surface area contributed by atoms with Crippen LogP contribution >= 0.6 is 11.8 Å². The van der Waals surface area contributed by atoms with E-state index in [0.29, 0.717) is 17.9 Å². The van der Waals surface area contributed by atoms with Crippen LogP contribution in [0.3, 0.4) is 0 Å². The molecule has 0 aromatic carbocycles. The number of allylic oxidation sites excluding steroid dienone is 1. The van der Waals surface area contributed by atoms with E-state index in [-0.39, 0.29) is 5.91 Å². The van der Waals surface area contributed by atoms with Crippen molar-refractivity contribution in [3.05, 3.63) is 29.1 Å². The second-order valence-corrected chi connectivity index (χ2v) is 4.69. The molecule has 0 atom stereocenters. The van der Waals surface area contributed by atoms with E-state index < -0.39 is 0 Å². The van der Waals surface area contributed by atoms with Gasteiger partial charge in [0, 0.05) is 19.8 Å². The molecular weight excluding hydrogens is 234 g/mol. The van der Waals surface area contributed by atoms with Gasteiger partial charge in [-0.05, 0) is 19.1 Å². The highest BCUT2D eigenvalue weighted by atomic mass is 32.2. The number of aryl methyl sites for hydroxylation is 1. The molecule has 0 N–H and O–H groups in total. The molecule has 4 nitrogen and oxygen atoms in total. The summed E-state index contributed by atoms with van der Waals surface area (Å²) in [6.07, 6.45) is 1.89. The summed E-state index contributed by atoms with van der Waals surface area (Å²) < 4.78 is 1.89. The largest absolute Gasteiger partial charge is 0.350 e. The van der Waals surface area contributed by atoms with Crippen LogP contribution < -0.4 is 0 Å². The third kappa shape index (κ3) is 1.96. The zero-order valence-electron chi connectivity index (χ0n) is 9.80. The Morgan fingerprint density at radius 3 is 2.94 bits per heavy atom. The van der Waals surface area contributed by atoms with Crippen molar-refractivity contribution in [2.75, 3.05) is 12.3 Å². The lowest BCUT2D eigenvalue weighted by Gasteiger charge is -2.16. The van der Waals surface area contributed by atoms with Gasteiger partial charge in [-0.2, -0.15) is 5.26 Å². The van der Waals surface area contributed by atoms with Crippen LogP contribution in [-0.2, 0) is 11.8 Å². The number of hydrogen-bond donors (Lipinski definition) is 0. The molecule has 1 amide bonds. The van der Waals surface area contributed by atoms with Crippen LogP contribution in [-0.4, -0.2) is 27.7 Å². The van der Waals surface area contributed by atoms with Crippen molar-refractivity contribution in [1.29, 1.82) is 5.26 Å². The van der Waals surface area contributed by atoms with Crippen LogP contribution in [0.4, 0.5) is 0 Å². The van der Waals surface area contributed by atoms with Gasteiger partial charge in [0.15, 0.2) is 0 Å². The van der Waals surface area contributed by atoms with Gasteiger partial charge < -0.3 is 9.47 Å². The second-order valence-electron chi connectivity index (χ2n) is 3.72. The van der Waals surface area contributed by atoms with Gasteiger partial charge in [-0.1, -0.05) is 11.8 Å². The molecule has 1 aromatic heterocycles. The van der Waals surface area contributed by atoms with Gasteiger partial charge in [0.25, 0.3) is 0 Å². The van der Waals surface area contributed by atoms with Crippen molar-refractivity contribution in [2.45, 2.75) is 6.92 Å². The normalized spacial score (nSPS) is 18.4. The number of amides is 1. The minimum absolute atomic E-state index is 0.0782. The molecule has 1 saturated heterocycles. The van der Waals surface area contributed by atoms with Gasteiger partial charge >= 0.3 is 0 Å². The molecule has 0 saturated carbocycles. The number of nitrogens with zero attached hydrogens (tertiary/aromatic N) is 3. The lowest BCUT2D eigenvalue weighted by atomic mass is 10.2. The fourth-order valence-corrected chi connectivity index (χ4v) is 2.96. The molecule has 1 aromatic rings. The third-order valence-corrected chi connectivity index (χ3v) is 3.81. The fourth-order valence-electron chi connectivity index (χ4n) is 1.86. The molecule has 1 aliphatic heterocycles. The molecule has 0 bridgehead atoms. The molecule has 1 aliphatic rings. The molecule has 0 unspecified atom stereocenters. The molecule has 0 aliphatic carbocycles. The topological polar surface area (TPSA) is 49.0 Å². The predicted molar refractivity (Wildman–Crippen MR) is 67.8 cm³/mol. The summed E-state index contributed by atoms with van der Waals surface area (Å²) in [6.45, 7) is 2.53. The molecule has 1 fully saturated rings. The number of aromatic nitrogens is 1. The smallest absolute Gasteiger partial charge is 0.237 e. The Bertz CT molecular complexity index is 524. The maximum absolute atomic E-state index is 11.6. The number of thioether (sulfide) groups is 1. The lowest BCUT2D eigenvalue weighted by Crippen LogP contribution is -2.24. The van der Waals surface area contributed by atoms with Gasteiger partial charge in [0.05, 0.1) is 16.5 Å². The maximum atomic E-state index is 11.6. The fraction of sp³-hybridized carbons (Fsp3) is 0.333. The van der Waals surface area contributed by atoms with E-state index in [1.165, 1.54) is 11.8 Å². The first-order chi connectivity index (χ1) is 8.19. The zero-order valence-corrected chi connectivity index (χ0v) is 10.6. The number of rotatable bonds is 2.